The van der Waals surface area contributed by atoms with Gasteiger partial charge in [0.2, 0.25) is 5.91 Å². The molecule has 1 amide bonds. The number of para-hydroxylation sites is 1. The molecule has 0 aromatic heterocycles. The van der Waals surface area contributed by atoms with Gasteiger partial charge in [0.25, 0.3) is 0 Å². The van der Waals surface area contributed by atoms with Crippen molar-refractivity contribution in [1.82, 2.24) is 4.90 Å². The number of benzene rings is 1. The zero-order chi connectivity index (χ0) is 15.7. The van der Waals surface area contributed by atoms with Gasteiger partial charge in [0, 0.05) is 13.0 Å². The van der Waals surface area contributed by atoms with Gasteiger partial charge in [0.1, 0.15) is 0 Å². The Kier molecular flexibility index (Phi) is 7.79. The molecule has 6 heteroatoms. The van der Waals surface area contributed by atoms with Crippen LogP contribution in [-0.2, 0) is 14.3 Å². The maximum Gasteiger partial charge on any atom is 0.320 e. The number of nitrogens with one attached hydrogen (secondary N) is 1. The van der Waals surface area contributed by atoms with E-state index in [2.05, 4.69) is 5.32 Å². The van der Waals surface area contributed by atoms with E-state index < -0.39 is 0 Å². The number of rotatable bonds is 8. The van der Waals surface area contributed by atoms with Crippen molar-refractivity contribution < 1.29 is 14.3 Å². The summed E-state index contributed by atoms with van der Waals surface area (Å²) in [4.78, 5) is 25.2. The number of halogens is 1. The second-order valence-corrected chi connectivity index (χ2v) is 4.86. The van der Waals surface area contributed by atoms with E-state index in [1.165, 1.54) is 0 Å². The number of anilines is 1. The third-order valence-corrected chi connectivity index (χ3v) is 3.24. The zero-order valence-electron chi connectivity index (χ0n) is 12.4. The first-order chi connectivity index (χ1) is 10.1. The summed E-state index contributed by atoms with van der Waals surface area (Å²) in [6, 6.07) is 7.07. The van der Waals surface area contributed by atoms with Gasteiger partial charge >= 0.3 is 5.97 Å². The van der Waals surface area contributed by atoms with Crippen LogP contribution in [0, 0.1) is 0 Å². The summed E-state index contributed by atoms with van der Waals surface area (Å²) in [5.74, 6) is -0.406. The van der Waals surface area contributed by atoms with Crippen LogP contribution < -0.4 is 5.32 Å². The number of hydrogen-bond acceptors (Lipinski definition) is 4. The molecule has 0 aliphatic rings. The molecule has 1 aromatic rings. The Balaban J connectivity index is 2.40. The summed E-state index contributed by atoms with van der Waals surface area (Å²) in [5.41, 5.74) is 0.595. The van der Waals surface area contributed by atoms with Gasteiger partial charge in [-0.2, -0.15) is 0 Å². The van der Waals surface area contributed by atoms with Crippen molar-refractivity contribution in [3.63, 3.8) is 0 Å². The molecule has 5 nitrogen and oxygen atoms in total. The van der Waals surface area contributed by atoms with E-state index in [4.69, 9.17) is 16.3 Å². The fourth-order valence-corrected chi connectivity index (χ4v) is 1.96. The van der Waals surface area contributed by atoms with Gasteiger partial charge in [0.15, 0.2) is 0 Å². The van der Waals surface area contributed by atoms with Crippen LogP contribution in [0.15, 0.2) is 24.3 Å². The van der Waals surface area contributed by atoms with Crippen LogP contribution in [-0.4, -0.2) is 43.0 Å². The third-order valence-electron chi connectivity index (χ3n) is 2.91. The van der Waals surface area contributed by atoms with Gasteiger partial charge in [-0.1, -0.05) is 30.7 Å². The van der Waals surface area contributed by atoms with Gasteiger partial charge in [-0.3, -0.25) is 14.5 Å². The van der Waals surface area contributed by atoms with E-state index in [0.717, 1.165) is 0 Å². The minimum absolute atomic E-state index is 0.134. The SMILES string of the molecule is CCOC(=O)CN(CC)CCC(=O)Nc1ccccc1Cl. The Hall–Kier alpha value is -1.59. The highest BCUT2D eigenvalue weighted by Gasteiger charge is 2.12. The summed E-state index contributed by atoms with van der Waals surface area (Å²) in [6.07, 6.45) is 0.290. The molecule has 21 heavy (non-hydrogen) atoms. The first-order valence-corrected chi connectivity index (χ1v) is 7.37. The fourth-order valence-electron chi connectivity index (χ4n) is 1.77. The van der Waals surface area contributed by atoms with Crippen molar-refractivity contribution >= 4 is 29.2 Å². The molecule has 0 radical (unpaired) electrons. The summed E-state index contributed by atoms with van der Waals surface area (Å²) in [7, 11) is 0. The lowest BCUT2D eigenvalue weighted by Crippen LogP contribution is -2.33. The fraction of sp³-hybridized carbons (Fsp3) is 0.467. The number of hydrogen-bond donors (Lipinski definition) is 1. The molecule has 1 aromatic carbocycles. The number of carbonyl (C=O) groups excluding carboxylic acids is 2. The largest absolute Gasteiger partial charge is 0.465 e. The Morgan fingerprint density at radius 2 is 2.00 bits per heavy atom. The van der Waals surface area contributed by atoms with Crippen LogP contribution in [0.2, 0.25) is 5.02 Å². The van der Waals surface area contributed by atoms with Gasteiger partial charge in [-0.25, -0.2) is 0 Å². The average molecular weight is 313 g/mol. The van der Waals surface area contributed by atoms with Crippen molar-refractivity contribution in [2.75, 3.05) is 31.6 Å². The maximum atomic E-state index is 11.9. The molecule has 1 rings (SSSR count). The molecule has 0 saturated carbocycles. The Morgan fingerprint density at radius 1 is 1.29 bits per heavy atom. The standard InChI is InChI=1S/C15H21ClN2O3/c1-3-18(11-15(20)21-4-2)10-9-14(19)17-13-8-6-5-7-12(13)16/h5-8H,3-4,9-11H2,1-2H3,(H,17,19). The van der Waals surface area contributed by atoms with Crippen LogP contribution in [0.3, 0.4) is 0 Å². The van der Waals surface area contributed by atoms with Crippen LogP contribution in [0.1, 0.15) is 20.3 Å². The molecule has 0 atom stereocenters. The molecule has 0 aliphatic heterocycles. The Bertz CT molecular complexity index is 480. The van der Waals surface area contributed by atoms with Crippen LogP contribution in [0.25, 0.3) is 0 Å². The molecule has 0 spiro atoms. The second kappa shape index (κ2) is 9.37. The minimum Gasteiger partial charge on any atom is -0.465 e. The molecular weight excluding hydrogens is 292 g/mol. The maximum absolute atomic E-state index is 11.9. The zero-order valence-corrected chi connectivity index (χ0v) is 13.2. The first-order valence-electron chi connectivity index (χ1n) is 6.99. The number of amides is 1. The van der Waals surface area contributed by atoms with Crippen molar-refractivity contribution in [2.24, 2.45) is 0 Å². The van der Waals surface area contributed by atoms with E-state index in [9.17, 15) is 9.59 Å². The van der Waals surface area contributed by atoms with Crippen LogP contribution in [0.4, 0.5) is 5.69 Å². The molecule has 0 bridgehead atoms. The molecule has 0 saturated heterocycles. The lowest BCUT2D eigenvalue weighted by atomic mass is 10.3. The first kappa shape index (κ1) is 17.5. The van der Waals surface area contributed by atoms with Gasteiger partial charge in [-0.15, -0.1) is 0 Å². The monoisotopic (exact) mass is 312 g/mol. The van der Waals surface area contributed by atoms with E-state index in [0.29, 0.717) is 36.8 Å². The Morgan fingerprint density at radius 3 is 2.62 bits per heavy atom. The molecule has 0 fully saturated rings. The van der Waals surface area contributed by atoms with Crippen molar-refractivity contribution in [3.05, 3.63) is 29.3 Å². The molecule has 116 valence electrons. The van der Waals surface area contributed by atoms with Crippen molar-refractivity contribution in [3.8, 4) is 0 Å². The lowest BCUT2D eigenvalue weighted by molar-refractivity contribution is -0.144. The van der Waals surface area contributed by atoms with Gasteiger partial charge < -0.3 is 10.1 Å². The number of esters is 1. The number of ether oxygens (including phenoxy) is 1. The highest BCUT2D eigenvalue weighted by atomic mass is 35.5. The molecular formula is C15H21ClN2O3. The number of likely N-dealkylation sites (N-methyl/N-ethyl adjacent to an activating group) is 1. The number of nitrogens with zero attached hydrogens (tertiary/aromatic N) is 1. The predicted molar refractivity (Wildman–Crippen MR) is 83.4 cm³/mol. The number of carbonyl (C=O) groups is 2. The Labute approximate surface area is 130 Å². The summed E-state index contributed by atoms with van der Waals surface area (Å²) < 4.78 is 4.89. The van der Waals surface area contributed by atoms with Crippen LogP contribution >= 0.6 is 11.6 Å². The molecule has 1 N–H and O–H groups in total. The smallest absolute Gasteiger partial charge is 0.320 e. The lowest BCUT2D eigenvalue weighted by Gasteiger charge is -2.18. The summed E-state index contributed by atoms with van der Waals surface area (Å²) in [6.45, 7) is 5.44. The van der Waals surface area contributed by atoms with E-state index in [1.807, 2.05) is 11.8 Å². The van der Waals surface area contributed by atoms with Gasteiger partial charge in [0.05, 0.1) is 23.9 Å². The summed E-state index contributed by atoms with van der Waals surface area (Å²) >= 11 is 5.98. The molecule has 0 heterocycles. The second-order valence-electron chi connectivity index (χ2n) is 4.45. The van der Waals surface area contributed by atoms with Crippen molar-refractivity contribution in [1.29, 1.82) is 0 Å². The minimum atomic E-state index is -0.272. The normalized spacial score (nSPS) is 10.5. The highest BCUT2D eigenvalue weighted by molar-refractivity contribution is 6.33. The topological polar surface area (TPSA) is 58.6 Å². The third kappa shape index (κ3) is 6.60. The van der Waals surface area contributed by atoms with Gasteiger partial charge in [-0.05, 0) is 25.6 Å². The van der Waals surface area contributed by atoms with Crippen molar-refractivity contribution in [2.45, 2.75) is 20.3 Å². The highest BCUT2D eigenvalue weighted by Crippen LogP contribution is 2.20. The average Bonchev–Trinajstić information content (AvgIpc) is 2.46. The molecule has 0 unspecified atom stereocenters. The van der Waals surface area contributed by atoms with E-state index in [1.54, 1.807) is 31.2 Å². The van der Waals surface area contributed by atoms with E-state index >= 15 is 0 Å². The van der Waals surface area contributed by atoms with E-state index in [-0.39, 0.29) is 18.4 Å². The van der Waals surface area contributed by atoms with Crippen LogP contribution in [0.5, 0.6) is 0 Å². The quantitative estimate of drug-likeness (QED) is 0.750. The predicted octanol–water partition coefficient (Wildman–Crippen LogP) is 2.55. The molecule has 0 aliphatic carbocycles. The summed E-state index contributed by atoms with van der Waals surface area (Å²) in [5, 5.41) is 3.26.